The van der Waals surface area contributed by atoms with E-state index in [-0.39, 0.29) is 11.8 Å². The molecule has 5 heteroatoms. The first-order chi connectivity index (χ1) is 9.74. The van der Waals surface area contributed by atoms with Crippen molar-refractivity contribution in [2.45, 2.75) is 19.4 Å². The third-order valence-corrected chi connectivity index (χ3v) is 3.51. The Hall–Kier alpha value is -1.75. The number of nitrogens with one attached hydrogen (secondary N) is 1. The third kappa shape index (κ3) is 3.63. The zero-order chi connectivity index (χ0) is 14.4. The van der Waals surface area contributed by atoms with E-state index in [1.807, 2.05) is 18.2 Å². The maximum atomic E-state index is 12.0. The summed E-state index contributed by atoms with van der Waals surface area (Å²) < 4.78 is 15.7. The molecule has 2 rings (SSSR count). The minimum atomic E-state index is 0.0730. The molecular formula is C15H21NO4. The van der Waals surface area contributed by atoms with Crippen LogP contribution in [0.1, 0.15) is 18.4 Å². The van der Waals surface area contributed by atoms with Crippen LogP contribution < -0.4 is 14.8 Å². The Morgan fingerprint density at radius 1 is 1.25 bits per heavy atom. The van der Waals surface area contributed by atoms with Gasteiger partial charge in [0.15, 0.2) is 11.5 Å². The lowest BCUT2D eigenvalue weighted by molar-refractivity contribution is -0.128. The van der Waals surface area contributed by atoms with E-state index in [1.54, 1.807) is 14.2 Å². The van der Waals surface area contributed by atoms with Gasteiger partial charge in [-0.15, -0.1) is 0 Å². The van der Waals surface area contributed by atoms with E-state index in [2.05, 4.69) is 5.32 Å². The van der Waals surface area contributed by atoms with Gasteiger partial charge < -0.3 is 19.5 Å². The Morgan fingerprint density at radius 3 is 2.60 bits per heavy atom. The molecule has 1 N–H and O–H groups in total. The van der Waals surface area contributed by atoms with Crippen molar-refractivity contribution in [2.75, 3.05) is 27.4 Å². The van der Waals surface area contributed by atoms with E-state index in [0.29, 0.717) is 31.3 Å². The summed E-state index contributed by atoms with van der Waals surface area (Å²) in [4.78, 5) is 12.0. The summed E-state index contributed by atoms with van der Waals surface area (Å²) in [5.41, 5.74) is 0.989. The van der Waals surface area contributed by atoms with Crippen molar-refractivity contribution < 1.29 is 19.0 Å². The molecule has 0 atom stereocenters. The molecule has 0 aromatic heterocycles. The van der Waals surface area contributed by atoms with Crippen molar-refractivity contribution in [3.05, 3.63) is 23.8 Å². The Kier molecular flexibility index (Phi) is 5.24. The van der Waals surface area contributed by atoms with Gasteiger partial charge in [-0.25, -0.2) is 0 Å². The molecule has 110 valence electrons. The van der Waals surface area contributed by atoms with E-state index in [4.69, 9.17) is 14.2 Å². The number of ether oxygens (including phenoxy) is 3. The summed E-state index contributed by atoms with van der Waals surface area (Å²) in [6.45, 7) is 1.85. The van der Waals surface area contributed by atoms with Gasteiger partial charge in [-0.2, -0.15) is 0 Å². The van der Waals surface area contributed by atoms with Crippen LogP contribution in [-0.2, 0) is 16.1 Å². The molecule has 1 heterocycles. The molecule has 0 bridgehead atoms. The molecule has 0 radical (unpaired) electrons. The zero-order valence-corrected chi connectivity index (χ0v) is 12.0. The zero-order valence-electron chi connectivity index (χ0n) is 12.0. The number of hydrogen-bond acceptors (Lipinski definition) is 4. The molecule has 1 amide bonds. The van der Waals surface area contributed by atoms with Crippen molar-refractivity contribution in [3.8, 4) is 11.5 Å². The molecule has 1 aromatic carbocycles. The van der Waals surface area contributed by atoms with E-state index in [0.717, 1.165) is 18.4 Å². The standard InChI is InChI=1S/C15H21NO4/c1-18-13-4-3-11(9-14(13)19-2)10-16-15(17)12-5-7-20-8-6-12/h3-4,9,12H,5-8,10H2,1-2H3,(H,16,17). The number of rotatable bonds is 5. The SMILES string of the molecule is COc1ccc(CNC(=O)C2CCOCC2)cc1OC. The Labute approximate surface area is 119 Å². The fourth-order valence-corrected chi connectivity index (χ4v) is 2.28. The second kappa shape index (κ2) is 7.14. The van der Waals surface area contributed by atoms with Crippen LogP contribution in [0.3, 0.4) is 0 Å². The average Bonchev–Trinajstić information content (AvgIpc) is 2.53. The van der Waals surface area contributed by atoms with Crippen LogP contribution in [0.2, 0.25) is 0 Å². The predicted octanol–water partition coefficient (Wildman–Crippen LogP) is 1.75. The van der Waals surface area contributed by atoms with Gasteiger partial charge in [0.05, 0.1) is 14.2 Å². The van der Waals surface area contributed by atoms with Gasteiger partial charge in [-0.3, -0.25) is 4.79 Å². The Bertz CT molecular complexity index is 455. The quantitative estimate of drug-likeness (QED) is 0.892. The fraction of sp³-hybridized carbons (Fsp3) is 0.533. The highest BCUT2D eigenvalue weighted by Crippen LogP contribution is 2.27. The minimum Gasteiger partial charge on any atom is -0.493 e. The van der Waals surface area contributed by atoms with Gasteiger partial charge in [0.1, 0.15) is 0 Å². The summed E-state index contributed by atoms with van der Waals surface area (Å²) in [5.74, 6) is 1.53. The Morgan fingerprint density at radius 2 is 1.95 bits per heavy atom. The van der Waals surface area contributed by atoms with Crippen LogP contribution >= 0.6 is 0 Å². The van der Waals surface area contributed by atoms with Gasteiger partial charge >= 0.3 is 0 Å². The van der Waals surface area contributed by atoms with Crippen molar-refractivity contribution in [1.82, 2.24) is 5.32 Å². The molecule has 0 saturated carbocycles. The summed E-state index contributed by atoms with van der Waals surface area (Å²) in [5, 5.41) is 2.97. The van der Waals surface area contributed by atoms with E-state index in [1.165, 1.54) is 0 Å². The first kappa shape index (κ1) is 14.7. The predicted molar refractivity (Wildman–Crippen MR) is 74.9 cm³/mol. The van der Waals surface area contributed by atoms with Crippen LogP contribution in [-0.4, -0.2) is 33.3 Å². The van der Waals surface area contributed by atoms with Crippen LogP contribution in [0.5, 0.6) is 11.5 Å². The summed E-state index contributed by atoms with van der Waals surface area (Å²) in [6, 6.07) is 5.64. The second-order valence-corrected chi connectivity index (χ2v) is 4.79. The van der Waals surface area contributed by atoms with Gasteiger partial charge in [0.25, 0.3) is 0 Å². The highest BCUT2D eigenvalue weighted by Gasteiger charge is 2.21. The summed E-state index contributed by atoms with van der Waals surface area (Å²) in [7, 11) is 3.20. The van der Waals surface area contributed by atoms with Gasteiger partial charge in [0, 0.05) is 25.7 Å². The number of benzene rings is 1. The van der Waals surface area contributed by atoms with Crippen molar-refractivity contribution >= 4 is 5.91 Å². The molecule has 0 aliphatic carbocycles. The highest BCUT2D eigenvalue weighted by atomic mass is 16.5. The van der Waals surface area contributed by atoms with E-state index in [9.17, 15) is 4.79 Å². The molecule has 1 saturated heterocycles. The topological polar surface area (TPSA) is 56.8 Å². The molecule has 1 aliphatic rings. The molecular weight excluding hydrogens is 258 g/mol. The minimum absolute atomic E-state index is 0.0730. The molecule has 1 aromatic rings. The number of hydrogen-bond donors (Lipinski definition) is 1. The normalized spacial score (nSPS) is 15.7. The van der Waals surface area contributed by atoms with Crippen molar-refractivity contribution in [1.29, 1.82) is 0 Å². The molecule has 0 unspecified atom stereocenters. The van der Waals surface area contributed by atoms with Gasteiger partial charge in [-0.1, -0.05) is 6.07 Å². The van der Waals surface area contributed by atoms with Crippen LogP contribution in [0.25, 0.3) is 0 Å². The largest absolute Gasteiger partial charge is 0.493 e. The first-order valence-electron chi connectivity index (χ1n) is 6.81. The highest BCUT2D eigenvalue weighted by molar-refractivity contribution is 5.78. The van der Waals surface area contributed by atoms with Gasteiger partial charge in [-0.05, 0) is 30.5 Å². The average molecular weight is 279 g/mol. The molecule has 1 aliphatic heterocycles. The van der Waals surface area contributed by atoms with Crippen molar-refractivity contribution in [2.24, 2.45) is 5.92 Å². The second-order valence-electron chi connectivity index (χ2n) is 4.79. The number of methoxy groups -OCH3 is 2. The molecule has 1 fully saturated rings. The van der Waals surface area contributed by atoms with Crippen molar-refractivity contribution in [3.63, 3.8) is 0 Å². The maximum absolute atomic E-state index is 12.0. The van der Waals surface area contributed by atoms with E-state index >= 15 is 0 Å². The molecule has 20 heavy (non-hydrogen) atoms. The first-order valence-corrected chi connectivity index (χ1v) is 6.81. The summed E-state index contributed by atoms with van der Waals surface area (Å²) in [6.07, 6.45) is 1.61. The van der Waals surface area contributed by atoms with Crippen LogP contribution in [0.4, 0.5) is 0 Å². The number of carbonyl (C=O) groups excluding carboxylic acids is 1. The number of carbonyl (C=O) groups is 1. The Balaban J connectivity index is 1.91. The summed E-state index contributed by atoms with van der Waals surface area (Å²) >= 11 is 0. The lowest BCUT2D eigenvalue weighted by Gasteiger charge is -2.21. The monoisotopic (exact) mass is 279 g/mol. The lowest BCUT2D eigenvalue weighted by atomic mass is 9.99. The number of amides is 1. The maximum Gasteiger partial charge on any atom is 0.223 e. The smallest absolute Gasteiger partial charge is 0.223 e. The van der Waals surface area contributed by atoms with Crippen LogP contribution in [0, 0.1) is 5.92 Å². The lowest BCUT2D eigenvalue weighted by Crippen LogP contribution is -2.33. The third-order valence-electron chi connectivity index (χ3n) is 3.51. The fourth-order valence-electron chi connectivity index (χ4n) is 2.28. The van der Waals surface area contributed by atoms with Gasteiger partial charge in [0.2, 0.25) is 5.91 Å². The van der Waals surface area contributed by atoms with Crippen LogP contribution in [0.15, 0.2) is 18.2 Å². The van der Waals surface area contributed by atoms with E-state index < -0.39 is 0 Å². The molecule has 5 nitrogen and oxygen atoms in total. The molecule has 0 spiro atoms.